The molecule has 11 heteroatoms. The van der Waals surface area contributed by atoms with Crippen molar-refractivity contribution in [2.45, 2.75) is 25.8 Å². The number of amides is 1. The predicted octanol–water partition coefficient (Wildman–Crippen LogP) is 5.81. The van der Waals surface area contributed by atoms with E-state index in [1.54, 1.807) is 32.1 Å². The molecule has 1 N–H and O–H groups in total. The van der Waals surface area contributed by atoms with Gasteiger partial charge in [-0.05, 0) is 38.0 Å². The van der Waals surface area contributed by atoms with Gasteiger partial charge in [-0.1, -0.05) is 42.1 Å². The van der Waals surface area contributed by atoms with E-state index in [9.17, 15) is 14.4 Å². The van der Waals surface area contributed by atoms with Crippen LogP contribution in [0.2, 0.25) is 0 Å². The van der Waals surface area contributed by atoms with Crippen molar-refractivity contribution in [3.05, 3.63) is 58.7 Å². The number of ether oxygens (including phenoxy) is 2. The molecule has 3 aromatic heterocycles. The van der Waals surface area contributed by atoms with Crippen LogP contribution in [0.4, 0.5) is 5.00 Å². The second-order valence-corrected chi connectivity index (χ2v) is 10.4. The topological polar surface area (TPSA) is 107 Å². The lowest BCUT2D eigenvalue weighted by atomic mass is 10.1. The van der Waals surface area contributed by atoms with Gasteiger partial charge in [-0.3, -0.25) is 4.79 Å². The molecule has 0 aliphatic carbocycles. The molecule has 1 amide bonds. The van der Waals surface area contributed by atoms with E-state index in [1.807, 2.05) is 36.4 Å². The first kappa shape index (κ1) is 25.8. The van der Waals surface area contributed by atoms with Crippen LogP contribution >= 0.6 is 34.4 Å². The fourth-order valence-electron chi connectivity index (χ4n) is 3.43. The summed E-state index contributed by atoms with van der Waals surface area (Å²) >= 11 is 3.84. The smallest absolute Gasteiger partial charge is 0.348 e. The van der Waals surface area contributed by atoms with E-state index in [2.05, 4.69) is 15.3 Å². The van der Waals surface area contributed by atoms with Crippen LogP contribution in [0.5, 0.6) is 0 Å². The van der Waals surface area contributed by atoms with Gasteiger partial charge in [0, 0.05) is 10.3 Å². The van der Waals surface area contributed by atoms with Gasteiger partial charge < -0.3 is 14.8 Å². The molecule has 0 saturated carbocycles. The molecule has 186 valence electrons. The number of nitrogens with zero attached hydrogens (tertiary/aromatic N) is 2. The third-order valence-electron chi connectivity index (χ3n) is 5.03. The molecule has 0 saturated heterocycles. The van der Waals surface area contributed by atoms with Crippen molar-refractivity contribution in [2.75, 3.05) is 24.3 Å². The van der Waals surface area contributed by atoms with Gasteiger partial charge in [0.15, 0.2) is 0 Å². The van der Waals surface area contributed by atoms with E-state index in [0.29, 0.717) is 10.6 Å². The van der Waals surface area contributed by atoms with Gasteiger partial charge in [0.1, 0.15) is 26.1 Å². The predicted molar refractivity (Wildman–Crippen MR) is 143 cm³/mol. The molecule has 0 radical (unpaired) electrons. The van der Waals surface area contributed by atoms with Gasteiger partial charge in [-0.15, -0.1) is 22.7 Å². The SMILES string of the molecule is CCOC(=O)c1sc(NC(=O)CSc2ncnc3sc(-c4ccccc4)cc23)c(C(=O)OCC)c1C. The van der Waals surface area contributed by atoms with E-state index < -0.39 is 11.9 Å². The summed E-state index contributed by atoms with van der Waals surface area (Å²) in [6.07, 6.45) is 1.49. The van der Waals surface area contributed by atoms with Gasteiger partial charge in [0.2, 0.25) is 5.91 Å². The number of rotatable bonds is 9. The van der Waals surface area contributed by atoms with Gasteiger partial charge in [0.05, 0.1) is 24.5 Å². The molecule has 8 nitrogen and oxygen atoms in total. The number of anilines is 1. The monoisotopic (exact) mass is 541 g/mol. The zero-order valence-electron chi connectivity index (χ0n) is 19.8. The van der Waals surface area contributed by atoms with Crippen LogP contribution < -0.4 is 5.32 Å². The highest BCUT2D eigenvalue weighted by molar-refractivity contribution is 8.00. The molecule has 0 aliphatic heterocycles. The van der Waals surface area contributed by atoms with Gasteiger partial charge in [-0.2, -0.15) is 0 Å². The van der Waals surface area contributed by atoms with Crippen LogP contribution in [-0.4, -0.2) is 46.8 Å². The number of fused-ring (bicyclic) bond motifs is 1. The van der Waals surface area contributed by atoms with E-state index >= 15 is 0 Å². The van der Waals surface area contributed by atoms with Crippen LogP contribution in [0.3, 0.4) is 0 Å². The van der Waals surface area contributed by atoms with Crippen molar-refractivity contribution in [1.29, 1.82) is 0 Å². The molecule has 36 heavy (non-hydrogen) atoms. The number of esters is 2. The zero-order chi connectivity index (χ0) is 25.7. The number of carbonyl (C=O) groups is 3. The minimum Gasteiger partial charge on any atom is -0.462 e. The van der Waals surface area contributed by atoms with E-state index in [1.165, 1.54) is 18.1 Å². The standard InChI is InChI=1S/C25H23N3O5S3/c1-4-32-24(30)19-14(3)20(25(31)33-5-2)36-23(19)28-18(29)12-34-21-16-11-17(15-9-7-6-8-10-15)35-22(16)27-13-26-21/h6-11,13H,4-5,12H2,1-3H3,(H,28,29). The van der Waals surface area contributed by atoms with Crippen LogP contribution in [-0.2, 0) is 14.3 Å². The fraction of sp³-hybridized carbons (Fsp3) is 0.240. The third-order valence-corrected chi connectivity index (χ3v) is 8.32. The molecule has 0 bridgehead atoms. The molecule has 0 aliphatic rings. The van der Waals surface area contributed by atoms with Crippen molar-refractivity contribution >= 4 is 67.5 Å². The maximum atomic E-state index is 12.9. The summed E-state index contributed by atoms with van der Waals surface area (Å²) in [5, 5.41) is 4.59. The Kier molecular flexibility index (Phi) is 8.34. The van der Waals surface area contributed by atoms with Crippen LogP contribution in [0.15, 0.2) is 47.8 Å². The Morgan fingerprint density at radius 2 is 1.72 bits per heavy atom. The minimum absolute atomic E-state index is 0.0522. The molecular formula is C25H23N3O5S3. The zero-order valence-corrected chi connectivity index (χ0v) is 22.3. The highest BCUT2D eigenvalue weighted by Gasteiger charge is 2.27. The number of hydrogen-bond acceptors (Lipinski definition) is 10. The molecule has 0 spiro atoms. The molecule has 0 atom stereocenters. The molecule has 3 heterocycles. The maximum absolute atomic E-state index is 12.9. The second-order valence-electron chi connectivity index (χ2n) is 7.41. The number of benzene rings is 1. The summed E-state index contributed by atoms with van der Waals surface area (Å²) in [6.45, 7) is 5.40. The molecule has 4 rings (SSSR count). The average molecular weight is 542 g/mol. The summed E-state index contributed by atoms with van der Waals surface area (Å²) < 4.78 is 10.2. The van der Waals surface area contributed by atoms with Gasteiger partial charge in [0.25, 0.3) is 0 Å². The van der Waals surface area contributed by atoms with Crippen LogP contribution in [0, 0.1) is 6.92 Å². The molecular weight excluding hydrogens is 518 g/mol. The Labute approximate surface area is 220 Å². The minimum atomic E-state index is -0.603. The highest BCUT2D eigenvalue weighted by atomic mass is 32.2. The first-order valence-corrected chi connectivity index (χ1v) is 13.7. The van der Waals surface area contributed by atoms with E-state index in [-0.39, 0.29) is 40.3 Å². The lowest BCUT2D eigenvalue weighted by molar-refractivity contribution is -0.113. The molecule has 0 fully saturated rings. The lowest BCUT2D eigenvalue weighted by Gasteiger charge is -2.07. The molecule has 1 aromatic carbocycles. The molecule has 4 aromatic rings. The summed E-state index contributed by atoms with van der Waals surface area (Å²) in [7, 11) is 0. The summed E-state index contributed by atoms with van der Waals surface area (Å²) in [4.78, 5) is 48.7. The maximum Gasteiger partial charge on any atom is 0.348 e. The Morgan fingerprint density at radius 1 is 1.00 bits per heavy atom. The first-order valence-electron chi connectivity index (χ1n) is 11.1. The van der Waals surface area contributed by atoms with Crippen molar-refractivity contribution in [3.63, 3.8) is 0 Å². The average Bonchev–Trinajstić information content (AvgIpc) is 3.45. The third kappa shape index (κ3) is 5.58. The Morgan fingerprint density at radius 3 is 2.44 bits per heavy atom. The van der Waals surface area contributed by atoms with Gasteiger partial charge >= 0.3 is 11.9 Å². The highest BCUT2D eigenvalue weighted by Crippen LogP contribution is 2.37. The quantitative estimate of drug-likeness (QED) is 0.161. The summed E-state index contributed by atoms with van der Waals surface area (Å²) in [6, 6.07) is 12.0. The van der Waals surface area contributed by atoms with E-state index in [4.69, 9.17) is 9.47 Å². The Bertz CT molecular complexity index is 1420. The number of nitrogens with one attached hydrogen (secondary N) is 1. The fourth-order valence-corrected chi connectivity index (χ4v) is 6.38. The first-order chi connectivity index (χ1) is 17.4. The van der Waals surface area contributed by atoms with Crippen molar-refractivity contribution in [2.24, 2.45) is 0 Å². The van der Waals surface area contributed by atoms with Crippen LogP contribution in [0.25, 0.3) is 20.7 Å². The largest absolute Gasteiger partial charge is 0.462 e. The summed E-state index contributed by atoms with van der Waals surface area (Å²) in [5.74, 6) is -1.44. The Hall–Kier alpha value is -3.28. The second kappa shape index (κ2) is 11.6. The van der Waals surface area contributed by atoms with Crippen molar-refractivity contribution < 1.29 is 23.9 Å². The van der Waals surface area contributed by atoms with Gasteiger partial charge in [-0.25, -0.2) is 19.6 Å². The van der Waals surface area contributed by atoms with Crippen molar-refractivity contribution in [1.82, 2.24) is 9.97 Å². The lowest BCUT2D eigenvalue weighted by Crippen LogP contribution is -2.16. The van der Waals surface area contributed by atoms with Crippen LogP contribution in [0.1, 0.15) is 39.4 Å². The van der Waals surface area contributed by atoms with E-state index in [0.717, 1.165) is 32.0 Å². The number of thioether (sulfide) groups is 1. The number of hydrogen-bond donors (Lipinski definition) is 1. The van der Waals surface area contributed by atoms with Crippen molar-refractivity contribution in [3.8, 4) is 10.4 Å². The number of carbonyl (C=O) groups excluding carboxylic acids is 3. The number of aromatic nitrogens is 2. The molecule has 0 unspecified atom stereocenters. The Balaban J connectivity index is 1.53. The normalized spacial score (nSPS) is 10.9. The summed E-state index contributed by atoms with van der Waals surface area (Å²) in [5.41, 5.74) is 1.67. The number of thiophene rings is 2.